The number of carbonyl (C=O) groups excluding carboxylic acids is 1. The highest BCUT2D eigenvalue weighted by Crippen LogP contribution is 2.41. The molecule has 12 nitrogen and oxygen atoms in total. The van der Waals surface area contributed by atoms with E-state index in [1.165, 1.54) is 17.0 Å². The number of nitrogens with zero attached hydrogens (tertiary/aromatic N) is 6. The van der Waals surface area contributed by atoms with Crippen LogP contribution in [0.3, 0.4) is 0 Å². The van der Waals surface area contributed by atoms with Gasteiger partial charge in [0.15, 0.2) is 0 Å². The summed E-state index contributed by atoms with van der Waals surface area (Å²) in [4.78, 5) is 22.6. The van der Waals surface area contributed by atoms with Gasteiger partial charge < -0.3 is 24.3 Å². The lowest BCUT2D eigenvalue weighted by molar-refractivity contribution is -0.137. The molecule has 1 saturated heterocycles. The lowest BCUT2D eigenvalue weighted by Gasteiger charge is -2.34. The van der Waals surface area contributed by atoms with Crippen molar-refractivity contribution in [3.05, 3.63) is 84.4 Å². The fraction of sp³-hybridized carbons (Fsp3) is 0.400. The number of piperidine rings is 1. The lowest BCUT2D eigenvalue weighted by Crippen LogP contribution is -2.47. The number of amides is 1. The van der Waals surface area contributed by atoms with Crippen LogP contribution in [0.1, 0.15) is 44.9 Å². The standard InChI is InChI=1S/C40H46F3N7O5SSi/c1-39(2,3)55-38(51)48-16-10-11-29(24-48)46-37-45-22-34(40(41,42)43)36(47-37)33-25-50(56(52,53)31-12-8-7-9-13-31)35-20-27(14-15-32(33)35)28-19-30(21-44)49(23-28)26-54-17-18-57(4,5)6/h7-9,12-15,19-20,22-23,25,29H,10-11,16-18,24,26H2,1-6H3,(H,45,46,47)/t29-/m0/s1. The first-order valence-corrected chi connectivity index (χ1v) is 23.7. The minimum absolute atomic E-state index is 0.0693. The van der Waals surface area contributed by atoms with Crippen molar-refractivity contribution in [2.24, 2.45) is 0 Å². The topological polar surface area (TPSA) is 144 Å². The Morgan fingerprint density at radius 2 is 1.79 bits per heavy atom. The van der Waals surface area contributed by atoms with Gasteiger partial charge in [0.1, 0.15) is 29.7 Å². The number of halogens is 3. The van der Waals surface area contributed by atoms with Crippen molar-refractivity contribution in [1.29, 1.82) is 5.26 Å². The smallest absolute Gasteiger partial charge is 0.419 e. The molecule has 0 radical (unpaired) electrons. The van der Waals surface area contributed by atoms with Gasteiger partial charge in [0.05, 0.1) is 16.1 Å². The van der Waals surface area contributed by atoms with Crippen LogP contribution in [-0.2, 0) is 32.4 Å². The second-order valence-electron chi connectivity index (χ2n) is 16.3. The molecule has 0 unspecified atom stereocenters. The molecule has 1 N–H and O–H groups in total. The number of hydrogen-bond acceptors (Lipinski definition) is 9. The summed E-state index contributed by atoms with van der Waals surface area (Å²) in [7, 11) is -5.68. The molecule has 57 heavy (non-hydrogen) atoms. The fourth-order valence-electron chi connectivity index (χ4n) is 6.51. The van der Waals surface area contributed by atoms with E-state index < -0.39 is 53.3 Å². The summed E-state index contributed by atoms with van der Waals surface area (Å²) >= 11 is 0. The van der Waals surface area contributed by atoms with E-state index in [0.717, 1.165) is 16.2 Å². The zero-order valence-corrected chi connectivity index (χ0v) is 34.5. The average molecular weight is 822 g/mol. The number of ether oxygens (including phenoxy) is 2. The Labute approximate surface area is 331 Å². The van der Waals surface area contributed by atoms with Crippen LogP contribution in [0.4, 0.5) is 23.9 Å². The van der Waals surface area contributed by atoms with Crippen LogP contribution in [0.25, 0.3) is 33.3 Å². The number of nitrogens with one attached hydrogen (secondary N) is 1. The highest BCUT2D eigenvalue weighted by molar-refractivity contribution is 7.90. The van der Waals surface area contributed by atoms with Crippen molar-refractivity contribution in [2.75, 3.05) is 25.0 Å². The molecule has 1 atom stereocenters. The molecular formula is C40H46F3N7O5SSi. The van der Waals surface area contributed by atoms with E-state index in [1.807, 2.05) is 0 Å². The molecule has 2 aromatic carbocycles. The predicted molar refractivity (Wildman–Crippen MR) is 214 cm³/mol. The molecule has 4 heterocycles. The summed E-state index contributed by atoms with van der Waals surface area (Å²) in [5.41, 5.74) is -0.916. The third-order valence-corrected chi connectivity index (χ3v) is 12.8. The molecule has 302 valence electrons. The first-order valence-electron chi connectivity index (χ1n) is 18.6. The van der Waals surface area contributed by atoms with Crippen LogP contribution in [0.2, 0.25) is 25.7 Å². The number of rotatable bonds is 11. The lowest BCUT2D eigenvalue weighted by atomic mass is 10.0. The summed E-state index contributed by atoms with van der Waals surface area (Å²) in [6.07, 6.45) is -0.624. The van der Waals surface area contributed by atoms with E-state index in [0.29, 0.717) is 49.0 Å². The van der Waals surface area contributed by atoms with Crippen LogP contribution in [0.5, 0.6) is 0 Å². The summed E-state index contributed by atoms with van der Waals surface area (Å²) in [6, 6.07) is 16.8. The van der Waals surface area contributed by atoms with Crippen molar-refractivity contribution >= 4 is 41.0 Å². The van der Waals surface area contributed by atoms with Crippen molar-refractivity contribution in [3.63, 3.8) is 0 Å². The largest absolute Gasteiger partial charge is 0.444 e. The Hall–Kier alpha value is -5.18. The molecule has 0 bridgehead atoms. The molecule has 1 amide bonds. The minimum Gasteiger partial charge on any atom is -0.444 e. The molecule has 5 aromatic rings. The highest BCUT2D eigenvalue weighted by Gasteiger charge is 2.37. The summed E-state index contributed by atoms with van der Waals surface area (Å²) < 4.78 is 86.7. The zero-order valence-electron chi connectivity index (χ0n) is 32.7. The third-order valence-electron chi connectivity index (χ3n) is 9.40. The Morgan fingerprint density at radius 1 is 1.05 bits per heavy atom. The Morgan fingerprint density at radius 3 is 2.46 bits per heavy atom. The maximum Gasteiger partial charge on any atom is 0.419 e. The molecule has 1 aliphatic rings. The third kappa shape index (κ3) is 9.69. The second kappa shape index (κ2) is 16.0. The van der Waals surface area contributed by atoms with Crippen LogP contribution in [-0.4, -0.2) is 77.3 Å². The van der Waals surface area contributed by atoms with Crippen LogP contribution < -0.4 is 5.32 Å². The fourth-order valence-corrected chi connectivity index (χ4v) is 8.65. The molecule has 17 heteroatoms. The number of fused-ring (bicyclic) bond motifs is 1. The van der Waals surface area contributed by atoms with Gasteiger partial charge in [-0.05, 0) is 69.5 Å². The number of likely N-dealkylation sites (tertiary alicyclic amines) is 1. The molecular weight excluding hydrogens is 776 g/mol. The van der Waals surface area contributed by atoms with Gasteiger partial charge in [0.25, 0.3) is 10.0 Å². The molecule has 1 fully saturated rings. The van der Waals surface area contributed by atoms with Crippen molar-refractivity contribution < 1.29 is 35.9 Å². The van der Waals surface area contributed by atoms with Crippen LogP contribution >= 0.6 is 0 Å². The SMILES string of the molecule is CC(C)(C)OC(=O)N1CCC[C@H](Nc2ncc(C(F)(F)F)c(-c3cn(S(=O)(=O)c4ccccc4)c4cc(-c5cc(C#N)n(COCC[Si](C)(C)C)c5)ccc34)n2)C1. The van der Waals surface area contributed by atoms with E-state index >= 15 is 0 Å². The quantitative estimate of drug-likeness (QED) is 0.102. The van der Waals surface area contributed by atoms with E-state index in [9.17, 15) is 31.6 Å². The summed E-state index contributed by atoms with van der Waals surface area (Å²) in [5.74, 6) is -0.116. The monoisotopic (exact) mass is 821 g/mol. The van der Waals surface area contributed by atoms with Crippen LogP contribution in [0.15, 0.2) is 78.1 Å². The number of anilines is 1. The second-order valence-corrected chi connectivity index (χ2v) is 23.7. The molecule has 1 aliphatic heterocycles. The average Bonchev–Trinajstić information content (AvgIpc) is 3.74. The van der Waals surface area contributed by atoms with Crippen molar-refractivity contribution in [2.45, 2.75) is 88.7 Å². The maximum atomic E-state index is 14.7. The van der Waals surface area contributed by atoms with E-state index in [4.69, 9.17) is 9.47 Å². The van der Waals surface area contributed by atoms with Gasteiger partial charge in [-0.15, -0.1) is 0 Å². The summed E-state index contributed by atoms with van der Waals surface area (Å²) in [6.45, 7) is 13.4. The van der Waals surface area contributed by atoms with Gasteiger partial charge >= 0.3 is 12.3 Å². The molecule has 6 rings (SSSR count). The van der Waals surface area contributed by atoms with Crippen molar-refractivity contribution in [1.82, 2.24) is 23.4 Å². The van der Waals surface area contributed by atoms with E-state index in [2.05, 4.69) is 41.0 Å². The first-order chi connectivity index (χ1) is 26.7. The van der Waals surface area contributed by atoms with Gasteiger partial charge in [-0.2, -0.15) is 18.4 Å². The number of alkyl halides is 3. The van der Waals surface area contributed by atoms with Gasteiger partial charge in [-0.1, -0.05) is 50.0 Å². The predicted octanol–water partition coefficient (Wildman–Crippen LogP) is 8.82. The molecule has 0 saturated carbocycles. The van der Waals surface area contributed by atoms with Crippen LogP contribution in [0, 0.1) is 11.3 Å². The highest BCUT2D eigenvalue weighted by atomic mass is 32.2. The van der Waals surface area contributed by atoms with Crippen molar-refractivity contribution in [3.8, 4) is 28.5 Å². The maximum absolute atomic E-state index is 14.7. The van der Waals surface area contributed by atoms with Gasteiger partial charge in [-0.3, -0.25) is 0 Å². The number of carbonyl (C=O) groups is 1. The Bertz CT molecular complexity index is 2410. The van der Waals surface area contributed by atoms with Gasteiger partial charge in [0.2, 0.25) is 5.95 Å². The van der Waals surface area contributed by atoms with Gasteiger partial charge in [-0.25, -0.2) is 27.2 Å². The number of aromatic nitrogens is 4. The minimum atomic E-state index is -4.90. The van der Waals surface area contributed by atoms with E-state index in [1.54, 1.807) is 74.0 Å². The Balaban J connectivity index is 1.43. The number of hydrogen-bond donors (Lipinski definition) is 1. The first kappa shape index (κ1) is 41.5. The number of benzene rings is 2. The molecule has 0 spiro atoms. The molecule has 3 aromatic heterocycles. The molecule has 0 aliphatic carbocycles. The zero-order chi connectivity index (χ0) is 41.3. The summed E-state index contributed by atoms with van der Waals surface area (Å²) in [5, 5.41) is 13.2. The normalized spacial score (nSPS) is 15.4. The van der Waals surface area contributed by atoms with Gasteiger partial charge in [0, 0.05) is 68.9 Å². The number of nitriles is 1. The Kier molecular flexibility index (Phi) is 11.6. The van der Waals surface area contributed by atoms with E-state index in [-0.39, 0.29) is 40.6 Å².